The van der Waals surface area contributed by atoms with E-state index in [0.717, 1.165) is 0 Å². The van der Waals surface area contributed by atoms with E-state index < -0.39 is 6.04 Å². The molecule has 0 radical (unpaired) electrons. The molecule has 1 unspecified atom stereocenters. The number of rotatable bonds is 9. The van der Waals surface area contributed by atoms with Gasteiger partial charge >= 0.3 is 0 Å². The largest absolute Gasteiger partial charge is 0.497 e. The molecule has 0 aromatic heterocycles. The number of piperidine rings is 1. The lowest BCUT2D eigenvalue weighted by molar-refractivity contribution is -0.124. The second-order valence-electron chi connectivity index (χ2n) is 7.96. The van der Waals surface area contributed by atoms with Crippen molar-refractivity contribution in [1.29, 1.82) is 0 Å². The van der Waals surface area contributed by atoms with Crippen LogP contribution in [0.2, 0.25) is 0 Å². The summed E-state index contributed by atoms with van der Waals surface area (Å²) in [6, 6.07) is 15.2. The molecule has 0 saturated carbocycles. The fourth-order valence-corrected chi connectivity index (χ4v) is 3.97. The molecule has 0 bridgehead atoms. The minimum Gasteiger partial charge on any atom is -0.497 e. The maximum Gasteiger partial charge on any atom is 0.253 e. The summed E-state index contributed by atoms with van der Waals surface area (Å²) in [6.07, 6.45) is 1.22. The van der Waals surface area contributed by atoms with Crippen LogP contribution < -0.4 is 15.4 Å². The second kappa shape index (κ2) is 12.0. The van der Waals surface area contributed by atoms with E-state index in [9.17, 15) is 14.4 Å². The van der Waals surface area contributed by atoms with Gasteiger partial charge in [-0.1, -0.05) is 24.3 Å². The number of amides is 3. The van der Waals surface area contributed by atoms with Crippen LogP contribution in [-0.4, -0.2) is 69.1 Å². The highest BCUT2D eigenvalue weighted by atomic mass is 16.5. The smallest absolute Gasteiger partial charge is 0.253 e. The molecule has 176 valence electrons. The Kier molecular flexibility index (Phi) is 8.83. The summed E-state index contributed by atoms with van der Waals surface area (Å²) < 4.78 is 10.2. The van der Waals surface area contributed by atoms with Crippen LogP contribution in [0.15, 0.2) is 54.6 Å². The first kappa shape index (κ1) is 24.3. The first-order valence-corrected chi connectivity index (χ1v) is 11.1. The maximum absolute atomic E-state index is 13.0. The highest BCUT2D eigenvalue weighted by Gasteiger charge is 2.34. The molecule has 8 nitrogen and oxygen atoms in total. The van der Waals surface area contributed by atoms with Gasteiger partial charge in [0.25, 0.3) is 11.8 Å². The van der Waals surface area contributed by atoms with Crippen molar-refractivity contribution in [2.45, 2.75) is 18.9 Å². The first-order valence-electron chi connectivity index (χ1n) is 11.1. The molecule has 2 aromatic carbocycles. The number of methoxy groups -OCH3 is 2. The van der Waals surface area contributed by atoms with Gasteiger partial charge in [-0.3, -0.25) is 14.4 Å². The van der Waals surface area contributed by atoms with E-state index in [1.165, 1.54) is 7.11 Å². The van der Waals surface area contributed by atoms with E-state index in [1.807, 2.05) is 18.2 Å². The Morgan fingerprint density at radius 1 is 1.00 bits per heavy atom. The maximum atomic E-state index is 13.0. The van der Waals surface area contributed by atoms with Gasteiger partial charge in [0, 0.05) is 37.9 Å². The number of carbonyl (C=O) groups is 3. The SMILES string of the molecule is COCCNC(=O)C(NC(=O)c1cccc(OC)c1)C1CCN(C(=O)c2ccccc2)CC1. The van der Waals surface area contributed by atoms with Crippen molar-refractivity contribution in [3.8, 4) is 5.75 Å². The molecule has 1 saturated heterocycles. The Labute approximate surface area is 194 Å². The van der Waals surface area contributed by atoms with Crippen LogP contribution in [0.1, 0.15) is 33.6 Å². The molecule has 33 heavy (non-hydrogen) atoms. The predicted molar refractivity (Wildman–Crippen MR) is 124 cm³/mol. The molecule has 3 amide bonds. The molecule has 1 aliphatic heterocycles. The molecule has 2 aromatic rings. The third kappa shape index (κ3) is 6.55. The Morgan fingerprint density at radius 2 is 1.70 bits per heavy atom. The Hall–Kier alpha value is -3.39. The molecule has 2 N–H and O–H groups in total. The van der Waals surface area contributed by atoms with Crippen LogP contribution in [0.4, 0.5) is 0 Å². The van der Waals surface area contributed by atoms with Gasteiger partial charge < -0.3 is 25.0 Å². The number of ether oxygens (including phenoxy) is 2. The van der Waals surface area contributed by atoms with Gasteiger partial charge in [-0.25, -0.2) is 0 Å². The van der Waals surface area contributed by atoms with Gasteiger partial charge in [0.15, 0.2) is 0 Å². The fourth-order valence-electron chi connectivity index (χ4n) is 3.97. The van der Waals surface area contributed by atoms with Crippen LogP contribution in [-0.2, 0) is 9.53 Å². The molecule has 0 spiro atoms. The van der Waals surface area contributed by atoms with Crippen LogP contribution in [0.5, 0.6) is 5.75 Å². The summed E-state index contributed by atoms with van der Waals surface area (Å²) >= 11 is 0. The molecule has 1 atom stereocenters. The molecule has 1 fully saturated rings. The van der Waals surface area contributed by atoms with E-state index in [2.05, 4.69) is 10.6 Å². The quantitative estimate of drug-likeness (QED) is 0.567. The van der Waals surface area contributed by atoms with Crippen LogP contribution in [0.25, 0.3) is 0 Å². The predicted octanol–water partition coefficient (Wildman–Crippen LogP) is 2.11. The summed E-state index contributed by atoms with van der Waals surface area (Å²) in [5.74, 6) is -0.145. The van der Waals surface area contributed by atoms with Crippen molar-refractivity contribution in [3.05, 3.63) is 65.7 Å². The lowest BCUT2D eigenvalue weighted by Crippen LogP contribution is -2.54. The van der Waals surface area contributed by atoms with Gasteiger partial charge in [-0.2, -0.15) is 0 Å². The standard InChI is InChI=1S/C25H31N3O5/c1-32-16-13-26-24(30)22(27-23(29)20-9-6-10-21(17-20)33-2)18-11-14-28(15-12-18)25(31)19-7-4-3-5-8-19/h3-10,17-18,22H,11-16H2,1-2H3,(H,26,30)(H,27,29). The fraction of sp³-hybridized carbons (Fsp3) is 0.400. The molecule has 3 rings (SSSR count). The zero-order valence-electron chi connectivity index (χ0n) is 19.1. The van der Waals surface area contributed by atoms with Crippen LogP contribution in [0.3, 0.4) is 0 Å². The first-order chi connectivity index (χ1) is 16.0. The highest BCUT2D eigenvalue weighted by Crippen LogP contribution is 2.23. The number of nitrogens with one attached hydrogen (secondary N) is 2. The van der Waals surface area contributed by atoms with Gasteiger partial charge in [0.1, 0.15) is 11.8 Å². The Bertz CT molecular complexity index is 942. The van der Waals surface area contributed by atoms with E-state index >= 15 is 0 Å². The molecular weight excluding hydrogens is 422 g/mol. The highest BCUT2D eigenvalue weighted by molar-refractivity contribution is 5.98. The molecule has 0 aliphatic carbocycles. The zero-order chi connectivity index (χ0) is 23.6. The molecular formula is C25H31N3O5. The second-order valence-corrected chi connectivity index (χ2v) is 7.96. The van der Waals surface area contributed by atoms with Gasteiger partial charge in [0.2, 0.25) is 5.91 Å². The van der Waals surface area contributed by atoms with Crippen LogP contribution in [0, 0.1) is 5.92 Å². The minimum absolute atomic E-state index is 0.0180. The van der Waals surface area contributed by atoms with E-state index in [0.29, 0.717) is 56.0 Å². The Balaban J connectivity index is 1.68. The molecule has 1 heterocycles. The third-order valence-electron chi connectivity index (χ3n) is 5.83. The van der Waals surface area contributed by atoms with Crippen molar-refractivity contribution in [2.24, 2.45) is 5.92 Å². The van der Waals surface area contributed by atoms with E-state index in [-0.39, 0.29) is 23.6 Å². The molecule has 1 aliphatic rings. The van der Waals surface area contributed by atoms with Crippen molar-refractivity contribution in [3.63, 3.8) is 0 Å². The number of carbonyl (C=O) groups excluding carboxylic acids is 3. The summed E-state index contributed by atoms with van der Waals surface area (Å²) in [5.41, 5.74) is 1.07. The Morgan fingerprint density at radius 3 is 2.36 bits per heavy atom. The van der Waals surface area contributed by atoms with Crippen molar-refractivity contribution < 1.29 is 23.9 Å². The third-order valence-corrected chi connectivity index (χ3v) is 5.83. The van der Waals surface area contributed by atoms with E-state index in [4.69, 9.17) is 9.47 Å². The van der Waals surface area contributed by atoms with Crippen molar-refractivity contribution in [1.82, 2.24) is 15.5 Å². The van der Waals surface area contributed by atoms with Gasteiger partial charge in [-0.15, -0.1) is 0 Å². The average molecular weight is 454 g/mol. The molecule has 8 heteroatoms. The van der Waals surface area contributed by atoms with Gasteiger partial charge in [0.05, 0.1) is 13.7 Å². The topological polar surface area (TPSA) is 97.0 Å². The number of nitrogens with zero attached hydrogens (tertiary/aromatic N) is 1. The average Bonchev–Trinajstić information content (AvgIpc) is 2.87. The number of hydrogen-bond donors (Lipinski definition) is 2. The summed E-state index contributed by atoms with van der Waals surface area (Å²) in [5, 5.41) is 5.74. The van der Waals surface area contributed by atoms with Crippen molar-refractivity contribution >= 4 is 17.7 Å². The number of likely N-dealkylation sites (tertiary alicyclic amines) is 1. The number of benzene rings is 2. The van der Waals surface area contributed by atoms with Crippen LogP contribution >= 0.6 is 0 Å². The normalized spacial score (nSPS) is 14.9. The summed E-state index contributed by atoms with van der Waals surface area (Å²) in [6.45, 7) is 1.78. The lowest BCUT2D eigenvalue weighted by Gasteiger charge is -2.36. The zero-order valence-corrected chi connectivity index (χ0v) is 19.1. The van der Waals surface area contributed by atoms with Crippen molar-refractivity contribution in [2.75, 3.05) is 40.5 Å². The lowest BCUT2D eigenvalue weighted by atomic mass is 9.88. The minimum atomic E-state index is -0.713. The summed E-state index contributed by atoms with van der Waals surface area (Å²) in [4.78, 5) is 40.4. The summed E-state index contributed by atoms with van der Waals surface area (Å²) in [7, 11) is 3.10. The number of hydrogen-bond acceptors (Lipinski definition) is 5. The van der Waals surface area contributed by atoms with E-state index in [1.54, 1.807) is 48.4 Å². The monoisotopic (exact) mass is 453 g/mol. The van der Waals surface area contributed by atoms with Gasteiger partial charge in [-0.05, 0) is 49.1 Å².